The van der Waals surface area contributed by atoms with Gasteiger partial charge in [-0.3, -0.25) is 4.79 Å². The third kappa shape index (κ3) is 3.18. The van der Waals surface area contributed by atoms with Crippen LogP contribution in [0, 0.1) is 0 Å². The van der Waals surface area contributed by atoms with Gasteiger partial charge in [0.25, 0.3) is 5.91 Å². The number of nitrogens with zero attached hydrogens (tertiary/aromatic N) is 2. The Hall–Kier alpha value is -2.18. The molecule has 0 radical (unpaired) electrons. The number of aromatic nitrogens is 2. The van der Waals surface area contributed by atoms with E-state index < -0.39 is 0 Å². The van der Waals surface area contributed by atoms with E-state index in [1.807, 2.05) is 19.1 Å². The zero-order chi connectivity index (χ0) is 15.5. The minimum atomic E-state index is -0.200. The molecule has 112 valence electrons. The van der Waals surface area contributed by atoms with Crippen LogP contribution in [0.25, 0.3) is 11.5 Å². The summed E-state index contributed by atoms with van der Waals surface area (Å²) < 4.78 is 6.10. The second-order valence-electron chi connectivity index (χ2n) is 4.49. The van der Waals surface area contributed by atoms with Crippen molar-refractivity contribution in [2.45, 2.75) is 13.3 Å². The SMILES string of the molecule is CCc1nnc(-c2cccc(NC(=O)c3ccc(Cl)s3)c2)o1. The Morgan fingerprint density at radius 2 is 2.18 bits per heavy atom. The first-order chi connectivity index (χ1) is 10.7. The van der Waals surface area contributed by atoms with E-state index in [2.05, 4.69) is 15.5 Å². The molecular formula is C15H12ClN3O2S. The summed E-state index contributed by atoms with van der Waals surface area (Å²) in [6, 6.07) is 10.7. The number of halogens is 1. The van der Waals surface area contributed by atoms with E-state index in [1.165, 1.54) is 11.3 Å². The van der Waals surface area contributed by atoms with E-state index in [-0.39, 0.29) is 5.91 Å². The first kappa shape index (κ1) is 14.7. The van der Waals surface area contributed by atoms with Gasteiger partial charge in [-0.05, 0) is 30.3 Å². The summed E-state index contributed by atoms with van der Waals surface area (Å²) in [5.41, 5.74) is 1.41. The number of nitrogens with one attached hydrogen (secondary N) is 1. The number of hydrogen-bond acceptors (Lipinski definition) is 5. The van der Waals surface area contributed by atoms with Crippen LogP contribution in [0.4, 0.5) is 5.69 Å². The Morgan fingerprint density at radius 1 is 1.32 bits per heavy atom. The molecule has 0 aliphatic rings. The highest BCUT2D eigenvalue weighted by Gasteiger charge is 2.11. The van der Waals surface area contributed by atoms with Crippen LogP contribution in [0.5, 0.6) is 0 Å². The third-order valence-corrected chi connectivity index (χ3v) is 4.16. The lowest BCUT2D eigenvalue weighted by molar-refractivity contribution is 0.103. The fourth-order valence-corrected chi connectivity index (χ4v) is 2.81. The molecule has 0 fully saturated rings. The van der Waals surface area contributed by atoms with Crippen LogP contribution in [-0.2, 0) is 6.42 Å². The van der Waals surface area contributed by atoms with Crippen molar-refractivity contribution in [1.82, 2.24) is 10.2 Å². The quantitative estimate of drug-likeness (QED) is 0.774. The number of carbonyl (C=O) groups is 1. The molecule has 1 N–H and O–H groups in total. The Morgan fingerprint density at radius 3 is 2.86 bits per heavy atom. The lowest BCUT2D eigenvalue weighted by atomic mass is 10.2. The summed E-state index contributed by atoms with van der Waals surface area (Å²) in [5.74, 6) is 0.818. The minimum Gasteiger partial charge on any atom is -0.421 e. The van der Waals surface area contributed by atoms with E-state index >= 15 is 0 Å². The molecule has 0 atom stereocenters. The van der Waals surface area contributed by atoms with Crippen LogP contribution in [0.15, 0.2) is 40.8 Å². The zero-order valence-corrected chi connectivity index (χ0v) is 13.2. The average molecular weight is 334 g/mol. The first-order valence-corrected chi connectivity index (χ1v) is 7.84. The van der Waals surface area contributed by atoms with Crippen molar-refractivity contribution in [3.63, 3.8) is 0 Å². The molecule has 3 aromatic rings. The highest BCUT2D eigenvalue weighted by atomic mass is 35.5. The van der Waals surface area contributed by atoms with Crippen LogP contribution in [0.1, 0.15) is 22.5 Å². The van der Waals surface area contributed by atoms with Crippen LogP contribution in [0.2, 0.25) is 4.34 Å². The average Bonchev–Trinajstić information content (AvgIpc) is 3.16. The molecular weight excluding hydrogens is 322 g/mol. The van der Waals surface area contributed by atoms with Crippen LogP contribution >= 0.6 is 22.9 Å². The molecule has 1 amide bonds. The maximum Gasteiger partial charge on any atom is 0.265 e. The second kappa shape index (κ2) is 6.29. The van der Waals surface area contributed by atoms with Crippen LogP contribution in [-0.4, -0.2) is 16.1 Å². The molecule has 1 aromatic carbocycles. The molecule has 2 heterocycles. The fraction of sp³-hybridized carbons (Fsp3) is 0.133. The van der Waals surface area contributed by atoms with Gasteiger partial charge in [0.1, 0.15) is 0 Å². The maximum absolute atomic E-state index is 12.1. The summed E-state index contributed by atoms with van der Waals surface area (Å²) in [4.78, 5) is 12.7. The third-order valence-electron chi connectivity index (χ3n) is 2.93. The van der Waals surface area contributed by atoms with Gasteiger partial charge in [0.2, 0.25) is 11.8 Å². The highest BCUT2D eigenvalue weighted by Crippen LogP contribution is 2.24. The molecule has 0 bridgehead atoms. The number of carbonyl (C=O) groups excluding carboxylic acids is 1. The van der Waals surface area contributed by atoms with E-state index in [9.17, 15) is 4.79 Å². The van der Waals surface area contributed by atoms with Crippen molar-refractivity contribution >= 4 is 34.5 Å². The monoisotopic (exact) mass is 333 g/mol. The zero-order valence-electron chi connectivity index (χ0n) is 11.7. The van der Waals surface area contributed by atoms with Gasteiger partial charge in [-0.25, -0.2) is 0 Å². The Balaban J connectivity index is 1.80. The van der Waals surface area contributed by atoms with Gasteiger partial charge < -0.3 is 9.73 Å². The Kier molecular flexibility index (Phi) is 4.22. The van der Waals surface area contributed by atoms with Gasteiger partial charge in [0.05, 0.1) is 9.21 Å². The molecule has 0 spiro atoms. The molecule has 0 saturated carbocycles. The number of hydrogen-bond donors (Lipinski definition) is 1. The Bertz CT molecular complexity index is 812. The van der Waals surface area contributed by atoms with Crippen molar-refractivity contribution in [2.75, 3.05) is 5.32 Å². The van der Waals surface area contributed by atoms with Crippen molar-refractivity contribution in [3.05, 3.63) is 51.5 Å². The topological polar surface area (TPSA) is 68.0 Å². The summed E-state index contributed by atoms with van der Waals surface area (Å²) in [5, 5.41) is 10.8. The molecule has 0 aliphatic heterocycles. The number of thiophene rings is 1. The normalized spacial score (nSPS) is 10.6. The van der Waals surface area contributed by atoms with Crippen molar-refractivity contribution in [1.29, 1.82) is 0 Å². The second-order valence-corrected chi connectivity index (χ2v) is 6.21. The molecule has 0 aliphatic carbocycles. The predicted molar refractivity (Wildman–Crippen MR) is 86.4 cm³/mol. The predicted octanol–water partition coefficient (Wildman–Crippen LogP) is 4.27. The highest BCUT2D eigenvalue weighted by molar-refractivity contribution is 7.18. The summed E-state index contributed by atoms with van der Waals surface area (Å²) >= 11 is 7.07. The smallest absolute Gasteiger partial charge is 0.265 e. The summed E-state index contributed by atoms with van der Waals surface area (Å²) in [6.45, 7) is 1.94. The molecule has 5 nitrogen and oxygen atoms in total. The van der Waals surface area contributed by atoms with Crippen molar-refractivity contribution in [2.24, 2.45) is 0 Å². The summed E-state index contributed by atoms with van der Waals surface area (Å²) in [6.07, 6.45) is 0.683. The van der Waals surface area contributed by atoms with Gasteiger partial charge in [-0.1, -0.05) is 24.6 Å². The van der Waals surface area contributed by atoms with E-state index in [1.54, 1.807) is 24.3 Å². The largest absolute Gasteiger partial charge is 0.421 e. The van der Waals surface area contributed by atoms with E-state index in [4.69, 9.17) is 16.0 Å². The number of aryl methyl sites for hydroxylation is 1. The molecule has 2 aromatic heterocycles. The molecule has 7 heteroatoms. The lowest BCUT2D eigenvalue weighted by Gasteiger charge is -2.04. The van der Waals surface area contributed by atoms with Crippen molar-refractivity contribution < 1.29 is 9.21 Å². The van der Waals surface area contributed by atoms with Gasteiger partial charge in [-0.2, -0.15) is 0 Å². The molecule has 22 heavy (non-hydrogen) atoms. The standard InChI is InChI=1S/C15H12ClN3O2S/c1-2-13-18-19-15(21-13)9-4-3-5-10(8-9)17-14(20)11-6-7-12(16)22-11/h3-8H,2H2,1H3,(H,17,20). The molecule has 3 rings (SSSR count). The fourth-order valence-electron chi connectivity index (χ4n) is 1.87. The van der Waals surface area contributed by atoms with Gasteiger partial charge in [-0.15, -0.1) is 21.5 Å². The van der Waals surface area contributed by atoms with Gasteiger partial charge in [0.15, 0.2) is 0 Å². The number of benzene rings is 1. The van der Waals surface area contributed by atoms with Crippen LogP contribution in [0.3, 0.4) is 0 Å². The van der Waals surface area contributed by atoms with E-state index in [0.717, 1.165) is 5.56 Å². The van der Waals surface area contributed by atoms with Crippen LogP contribution < -0.4 is 5.32 Å². The summed E-state index contributed by atoms with van der Waals surface area (Å²) in [7, 11) is 0. The minimum absolute atomic E-state index is 0.200. The number of rotatable bonds is 4. The van der Waals surface area contributed by atoms with Gasteiger partial charge >= 0.3 is 0 Å². The Labute approximate surface area is 135 Å². The van der Waals surface area contributed by atoms with E-state index in [0.29, 0.717) is 33.1 Å². The number of anilines is 1. The van der Waals surface area contributed by atoms with Crippen molar-refractivity contribution in [3.8, 4) is 11.5 Å². The molecule has 0 saturated heterocycles. The number of amides is 1. The molecule has 0 unspecified atom stereocenters. The first-order valence-electron chi connectivity index (χ1n) is 6.65. The lowest BCUT2D eigenvalue weighted by Crippen LogP contribution is -2.09. The van der Waals surface area contributed by atoms with Gasteiger partial charge in [0, 0.05) is 17.7 Å². The maximum atomic E-state index is 12.1.